The normalized spacial score (nSPS) is 11.0. The molecule has 0 saturated heterocycles. The SMILES string of the molecule is CCNC(=O)COc1cccc(NS(=O)(=O)c2ccc(F)cc2C)c1. The standard InChI is InChI=1S/C17H19FN2O4S/c1-3-19-17(21)11-24-15-6-4-5-14(10-15)20-25(22,23)16-8-7-13(18)9-12(16)2/h4-10,20H,3,11H2,1-2H3,(H,19,21). The number of anilines is 1. The number of carbonyl (C=O) groups excluding carboxylic acids is 1. The highest BCUT2D eigenvalue weighted by Gasteiger charge is 2.17. The summed E-state index contributed by atoms with van der Waals surface area (Å²) in [7, 11) is -3.87. The van der Waals surface area contributed by atoms with Gasteiger partial charge in [0.1, 0.15) is 11.6 Å². The lowest BCUT2D eigenvalue weighted by molar-refractivity contribution is -0.122. The molecule has 0 aliphatic rings. The fourth-order valence-corrected chi connectivity index (χ4v) is 3.45. The second-order valence-electron chi connectivity index (χ2n) is 5.29. The number of rotatable bonds is 7. The minimum atomic E-state index is -3.87. The summed E-state index contributed by atoms with van der Waals surface area (Å²) in [4.78, 5) is 11.4. The first kappa shape index (κ1) is 18.7. The highest BCUT2D eigenvalue weighted by molar-refractivity contribution is 7.92. The van der Waals surface area contributed by atoms with Crippen LogP contribution < -0.4 is 14.8 Å². The van der Waals surface area contributed by atoms with Gasteiger partial charge < -0.3 is 10.1 Å². The van der Waals surface area contributed by atoms with Crippen molar-refractivity contribution in [2.45, 2.75) is 18.7 Å². The van der Waals surface area contributed by atoms with Crippen molar-refractivity contribution < 1.29 is 22.3 Å². The molecule has 0 radical (unpaired) electrons. The van der Waals surface area contributed by atoms with Gasteiger partial charge in [0.05, 0.1) is 10.6 Å². The van der Waals surface area contributed by atoms with Gasteiger partial charge in [-0.1, -0.05) is 6.07 Å². The molecule has 0 aliphatic heterocycles. The average molecular weight is 366 g/mol. The van der Waals surface area contributed by atoms with Gasteiger partial charge in [0.2, 0.25) is 0 Å². The number of carbonyl (C=O) groups is 1. The highest BCUT2D eigenvalue weighted by Crippen LogP contribution is 2.23. The maximum atomic E-state index is 13.2. The van der Waals surface area contributed by atoms with Crippen LogP contribution in [0.25, 0.3) is 0 Å². The number of hydrogen-bond acceptors (Lipinski definition) is 4. The van der Waals surface area contributed by atoms with Gasteiger partial charge in [0, 0.05) is 12.6 Å². The molecule has 2 N–H and O–H groups in total. The molecule has 0 heterocycles. The number of amides is 1. The monoisotopic (exact) mass is 366 g/mol. The van der Waals surface area contributed by atoms with Crippen LogP contribution in [0.4, 0.5) is 10.1 Å². The van der Waals surface area contributed by atoms with E-state index in [4.69, 9.17) is 4.74 Å². The van der Waals surface area contributed by atoms with E-state index in [2.05, 4.69) is 10.0 Å². The van der Waals surface area contributed by atoms with E-state index >= 15 is 0 Å². The van der Waals surface area contributed by atoms with Crippen molar-refractivity contribution in [3.63, 3.8) is 0 Å². The van der Waals surface area contributed by atoms with Gasteiger partial charge in [-0.25, -0.2) is 12.8 Å². The molecule has 25 heavy (non-hydrogen) atoms. The highest BCUT2D eigenvalue weighted by atomic mass is 32.2. The maximum absolute atomic E-state index is 13.2. The lowest BCUT2D eigenvalue weighted by Gasteiger charge is -2.12. The Labute approximate surface area is 146 Å². The molecule has 0 saturated carbocycles. The Balaban J connectivity index is 2.14. The number of ether oxygens (including phenoxy) is 1. The molecule has 1 amide bonds. The summed E-state index contributed by atoms with van der Waals surface area (Å²) in [5, 5.41) is 2.59. The van der Waals surface area contributed by atoms with E-state index in [0.717, 1.165) is 12.1 Å². The van der Waals surface area contributed by atoms with Gasteiger partial charge in [-0.2, -0.15) is 0 Å². The van der Waals surface area contributed by atoms with E-state index in [-0.39, 0.29) is 23.1 Å². The second kappa shape index (κ2) is 7.98. The molecule has 2 aromatic carbocycles. The summed E-state index contributed by atoms with van der Waals surface area (Å²) in [6, 6.07) is 9.68. The zero-order valence-corrected chi connectivity index (χ0v) is 14.7. The minimum Gasteiger partial charge on any atom is -0.484 e. The van der Waals surface area contributed by atoms with Crippen LogP contribution >= 0.6 is 0 Å². The van der Waals surface area contributed by atoms with Gasteiger partial charge in [-0.3, -0.25) is 9.52 Å². The quantitative estimate of drug-likeness (QED) is 0.788. The van der Waals surface area contributed by atoms with Crippen LogP contribution in [0.2, 0.25) is 0 Å². The first-order valence-electron chi connectivity index (χ1n) is 7.60. The first-order valence-corrected chi connectivity index (χ1v) is 9.08. The number of sulfonamides is 1. The predicted molar refractivity (Wildman–Crippen MR) is 92.6 cm³/mol. The van der Waals surface area contributed by atoms with E-state index in [0.29, 0.717) is 17.9 Å². The Morgan fingerprint density at radius 1 is 1.20 bits per heavy atom. The largest absolute Gasteiger partial charge is 0.484 e. The van der Waals surface area contributed by atoms with Crippen molar-refractivity contribution in [1.29, 1.82) is 0 Å². The number of halogens is 1. The number of nitrogens with one attached hydrogen (secondary N) is 2. The zero-order valence-electron chi connectivity index (χ0n) is 13.9. The van der Waals surface area contributed by atoms with Gasteiger partial charge in [0.25, 0.3) is 15.9 Å². The van der Waals surface area contributed by atoms with Crippen LogP contribution in [0.5, 0.6) is 5.75 Å². The lowest BCUT2D eigenvalue weighted by atomic mass is 10.2. The van der Waals surface area contributed by atoms with Crippen molar-refractivity contribution in [3.8, 4) is 5.75 Å². The Bertz CT molecular complexity index is 869. The third-order valence-electron chi connectivity index (χ3n) is 3.26. The molecule has 8 heteroatoms. The number of likely N-dealkylation sites (N-methyl/N-ethyl adjacent to an activating group) is 1. The summed E-state index contributed by atoms with van der Waals surface area (Å²) in [6.07, 6.45) is 0. The summed E-state index contributed by atoms with van der Waals surface area (Å²) in [6.45, 7) is 3.65. The molecule has 0 aliphatic carbocycles. The maximum Gasteiger partial charge on any atom is 0.262 e. The fraction of sp³-hybridized carbons (Fsp3) is 0.235. The smallest absolute Gasteiger partial charge is 0.262 e. The second-order valence-corrected chi connectivity index (χ2v) is 6.94. The van der Waals surface area contributed by atoms with Crippen LogP contribution in [0.3, 0.4) is 0 Å². The van der Waals surface area contributed by atoms with Gasteiger partial charge in [0.15, 0.2) is 6.61 Å². The van der Waals surface area contributed by atoms with Crippen molar-refractivity contribution in [3.05, 3.63) is 53.8 Å². The summed E-state index contributed by atoms with van der Waals surface area (Å²) in [5.74, 6) is -0.421. The Kier molecular flexibility index (Phi) is 5.97. The molecule has 2 aromatic rings. The molecule has 134 valence electrons. The number of aryl methyl sites for hydroxylation is 1. The van der Waals surface area contributed by atoms with E-state index in [9.17, 15) is 17.6 Å². The summed E-state index contributed by atoms with van der Waals surface area (Å²) in [5.41, 5.74) is 0.577. The van der Waals surface area contributed by atoms with E-state index in [1.54, 1.807) is 25.1 Å². The fourth-order valence-electron chi connectivity index (χ4n) is 2.17. The van der Waals surface area contributed by atoms with Crippen molar-refractivity contribution in [2.24, 2.45) is 0 Å². The summed E-state index contributed by atoms with van der Waals surface area (Å²) >= 11 is 0. The average Bonchev–Trinajstić information content (AvgIpc) is 2.53. The van der Waals surface area contributed by atoms with Crippen molar-refractivity contribution in [2.75, 3.05) is 17.9 Å². The third-order valence-corrected chi connectivity index (χ3v) is 4.80. The van der Waals surface area contributed by atoms with Crippen molar-refractivity contribution >= 4 is 21.6 Å². The topological polar surface area (TPSA) is 84.5 Å². The van der Waals surface area contributed by atoms with Crippen LogP contribution in [-0.4, -0.2) is 27.5 Å². The molecule has 0 atom stereocenters. The molecule has 0 fully saturated rings. The molecule has 2 rings (SSSR count). The Hall–Kier alpha value is -2.61. The van der Waals surface area contributed by atoms with Crippen LogP contribution in [0.1, 0.15) is 12.5 Å². The Morgan fingerprint density at radius 2 is 1.96 bits per heavy atom. The first-order chi connectivity index (χ1) is 11.8. The van der Waals surface area contributed by atoms with E-state index < -0.39 is 15.8 Å². The molecule has 6 nitrogen and oxygen atoms in total. The minimum absolute atomic E-state index is 0.0115. The van der Waals surface area contributed by atoms with Crippen LogP contribution in [0.15, 0.2) is 47.4 Å². The molecular weight excluding hydrogens is 347 g/mol. The number of hydrogen-bond donors (Lipinski definition) is 2. The van der Waals surface area contributed by atoms with Crippen molar-refractivity contribution in [1.82, 2.24) is 5.32 Å². The van der Waals surface area contributed by atoms with Gasteiger partial charge in [-0.05, 0) is 49.7 Å². The van der Waals surface area contributed by atoms with Crippen LogP contribution in [0, 0.1) is 12.7 Å². The Morgan fingerprint density at radius 3 is 2.64 bits per heavy atom. The van der Waals surface area contributed by atoms with Gasteiger partial charge >= 0.3 is 0 Å². The molecule has 0 aromatic heterocycles. The third kappa shape index (κ3) is 5.18. The zero-order chi connectivity index (χ0) is 18.4. The molecule has 0 bridgehead atoms. The number of benzene rings is 2. The predicted octanol–water partition coefficient (Wildman–Crippen LogP) is 2.45. The molecular formula is C17H19FN2O4S. The van der Waals surface area contributed by atoms with E-state index in [1.807, 2.05) is 0 Å². The van der Waals surface area contributed by atoms with Crippen LogP contribution in [-0.2, 0) is 14.8 Å². The van der Waals surface area contributed by atoms with E-state index in [1.165, 1.54) is 19.1 Å². The molecule has 0 unspecified atom stereocenters. The van der Waals surface area contributed by atoms with Gasteiger partial charge in [-0.15, -0.1) is 0 Å². The lowest BCUT2D eigenvalue weighted by Crippen LogP contribution is -2.28. The summed E-state index contributed by atoms with van der Waals surface area (Å²) < 4.78 is 45.8. The molecule has 0 spiro atoms.